The first-order valence-corrected chi connectivity index (χ1v) is 4.21. The second-order valence-corrected chi connectivity index (χ2v) is 3.20. The van der Waals surface area contributed by atoms with Gasteiger partial charge in [0.1, 0.15) is 17.8 Å². The average Bonchev–Trinajstić information content (AvgIpc) is 2.87. The van der Waals surface area contributed by atoms with E-state index >= 15 is 0 Å². The van der Waals surface area contributed by atoms with E-state index in [0.717, 1.165) is 25.2 Å². The summed E-state index contributed by atoms with van der Waals surface area (Å²) in [7, 11) is 0. The van der Waals surface area contributed by atoms with Crippen LogP contribution in [0.5, 0.6) is 0 Å². The number of hydrogen-bond donors (Lipinski definition) is 1. The van der Waals surface area contributed by atoms with Crippen LogP contribution in [0.1, 0.15) is 18.5 Å². The molecule has 1 fully saturated rings. The van der Waals surface area contributed by atoms with Crippen molar-refractivity contribution in [2.75, 3.05) is 5.32 Å². The van der Waals surface area contributed by atoms with Crippen LogP contribution in [0.3, 0.4) is 0 Å². The van der Waals surface area contributed by atoms with Crippen molar-refractivity contribution in [3.05, 3.63) is 18.1 Å². The van der Waals surface area contributed by atoms with Crippen LogP contribution >= 0.6 is 0 Å². The van der Waals surface area contributed by atoms with Crippen LogP contribution in [0.2, 0.25) is 0 Å². The van der Waals surface area contributed by atoms with Gasteiger partial charge in [-0.15, -0.1) is 0 Å². The molecule has 0 aliphatic heterocycles. The summed E-state index contributed by atoms with van der Waals surface area (Å²) in [5.41, 5.74) is -0.907. The van der Waals surface area contributed by atoms with Crippen LogP contribution < -0.4 is 5.32 Å². The minimum atomic E-state index is -4.40. The molecule has 14 heavy (non-hydrogen) atoms. The Morgan fingerprint density at radius 1 is 1.29 bits per heavy atom. The molecule has 3 nitrogen and oxygen atoms in total. The van der Waals surface area contributed by atoms with E-state index in [4.69, 9.17) is 0 Å². The fourth-order valence-electron chi connectivity index (χ4n) is 1.03. The Kier molecular flexibility index (Phi) is 2.05. The van der Waals surface area contributed by atoms with E-state index < -0.39 is 11.9 Å². The smallest absolute Gasteiger partial charge is 0.367 e. The summed E-state index contributed by atoms with van der Waals surface area (Å²) in [6.45, 7) is 0. The number of alkyl halides is 3. The van der Waals surface area contributed by atoms with Gasteiger partial charge >= 0.3 is 6.18 Å². The molecular formula is C8H8F3N3. The van der Waals surface area contributed by atoms with Gasteiger partial charge in [0, 0.05) is 12.1 Å². The molecule has 1 N–H and O–H groups in total. The molecule has 6 heteroatoms. The lowest BCUT2D eigenvalue weighted by Crippen LogP contribution is -2.10. The normalized spacial score (nSPS) is 16.8. The lowest BCUT2D eigenvalue weighted by molar-refractivity contribution is -0.141. The Bertz CT molecular complexity index is 333. The number of hydrogen-bond acceptors (Lipinski definition) is 3. The number of rotatable bonds is 2. The first-order chi connectivity index (χ1) is 6.55. The van der Waals surface area contributed by atoms with Gasteiger partial charge in [-0.25, -0.2) is 9.97 Å². The van der Waals surface area contributed by atoms with Gasteiger partial charge in [-0.05, 0) is 12.8 Å². The predicted molar refractivity (Wildman–Crippen MR) is 43.7 cm³/mol. The molecular weight excluding hydrogens is 195 g/mol. The van der Waals surface area contributed by atoms with Gasteiger partial charge in [0.15, 0.2) is 0 Å². The highest BCUT2D eigenvalue weighted by Gasteiger charge is 2.33. The monoisotopic (exact) mass is 203 g/mol. The van der Waals surface area contributed by atoms with Crippen LogP contribution in [0.4, 0.5) is 19.0 Å². The fraction of sp³-hybridized carbons (Fsp3) is 0.500. The topological polar surface area (TPSA) is 37.8 Å². The molecule has 0 atom stereocenters. The molecule has 1 heterocycles. The van der Waals surface area contributed by atoms with Gasteiger partial charge in [0.05, 0.1) is 0 Å². The summed E-state index contributed by atoms with van der Waals surface area (Å²) in [5, 5.41) is 2.88. The van der Waals surface area contributed by atoms with Crippen LogP contribution in [0.25, 0.3) is 0 Å². The molecule has 0 saturated heterocycles. The Hall–Kier alpha value is -1.33. The van der Waals surface area contributed by atoms with Gasteiger partial charge in [0.2, 0.25) is 0 Å². The molecule has 1 aliphatic carbocycles. The second-order valence-electron chi connectivity index (χ2n) is 3.20. The third-order valence-corrected chi connectivity index (χ3v) is 1.89. The molecule has 2 rings (SSSR count). The fourth-order valence-corrected chi connectivity index (χ4v) is 1.03. The summed E-state index contributed by atoms with van der Waals surface area (Å²) in [4.78, 5) is 6.87. The maximum atomic E-state index is 12.2. The quantitative estimate of drug-likeness (QED) is 0.799. The standard InChI is InChI=1S/C8H8F3N3/c9-8(10,11)6-3-7(13-4-12-6)14-5-1-2-5/h3-5H,1-2H2,(H,12,13,14). The third-order valence-electron chi connectivity index (χ3n) is 1.89. The van der Waals surface area contributed by atoms with Crippen molar-refractivity contribution in [2.24, 2.45) is 0 Å². The van der Waals surface area contributed by atoms with Gasteiger partial charge in [-0.1, -0.05) is 0 Å². The number of aromatic nitrogens is 2. The number of nitrogens with zero attached hydrogens (tertiary/aromatic N) is 2. The highest BCUT2D eigenvalue weighted by Crippen LogP contribution is 2.29. The predicted octanol–water partition coefficient (Wildman–Crippen LogP) is 2.07. The van der Waals surface area contributed by atoms with Crippen molar-refractivity contribution < 1.29 is 13.2 Å². The zero-order valence-corrected chi connectivity index (χ0v) is 7.17. The maximum absolute atomic E-state index is 12.2. The van der Waals surface area contributed by atoms with E-state index in [1.807, 2.05) is 0 Å². The van der Waals surface area contributed by atoms with Crippen LogP contribution in [0, 0.1) is 0 Å². The summed E-state index contributed by atoms with van der Waals surface area (Å²) in [6.07, 6.45) is -1.49. The van der Waals surface area contributed by atoms with Gasteiger partial charge < -0.3 is 5.32 Å². The van der Waals surface area contributed by atoms with E-state index in [1.165, 1.54) is 0 Å². The molecule has 1 saturated carbocycles. The maximum Gasteiger partial charge on any atom is 0.433 e. The van der Waals surface area contributed by atoms with Gasteiger partial charge in [-0.3, -0.25) is 0 Å². The van der Waals surface area contributed by atoms with E-state index in [1.54, 1.807) is 0 Å². The first kappa shape index (κ1) is 9.23. The molecule has 1 aromatic rings. The van der Waals surface area contributed by atoms with Crippen molar-refractivity contribution in [2.45, 2.75) is 25.1 Å². The average molecular weight is 203 g/mol. The van der Waals surface area contributed by atoms with Crippen LogP contribution in [-0.2, 0) is 6.18 Å². The SMILES string of the molecule is FC(F)(F)c1cc(NC2CC2)ncn1. The lowest BCUT2D eigenvalue weighted by Gasteiger charge is -2.07. The molecule has 1 aliphatic rings. The number of anilines is 1. The number of nitrogens with one attached hydrogen (secondary N) is 1. The van der Waals surface area contributed by atoms with Crippen molar-refractivity contribution in [1.29, 1.82) is 0 Å². The van der Waals surface area contributed by atoms with E-state index in [-0.39, 0.29) is 11.9 Å². The number of halogens is 3. The second kappa shape index (κ2) is 3.11. The molecule has 0 unspecified atom stereocenters. The Morgan fingerprint density at radius 2 is 2.00 bits per heavy atom. The third kappa shape index (κ3) is 2.12. The molecule has 1 aromatic heterocycles. The molecule has 0 aromatic carbocycles. The molecule has 0 bridgehead atoms. The Labute approximate surface area is 78.4 Å². The summed E-state index contributed by atoms with van der Waals surface area (Å²) >= 11 is 0. The summed E-state index contributed by atoms with van der Waals surface area (Å²) < 4.78 is 36.6. The lowest BCUT2D eigenvalue weighted by atomic mass is 10.4. The van der Waals surface area contributed by atoms with Crippen molar-refractivity contribution in [3.8, 4) is 0 Å². The van der Waals surface area contributed by atoms with E-state index in [0.29, 0.717) is 0 Å². The van der Waals surface area contributed by atoms with Crippen LogP contribution in [0.15, 0.2) is 12.4 Å². The zero-order valence-electron chi connectivity index (χ0n) is 7.17. The minimum absolute atomic E-state index is 0.245. The van der Waals surface area contributed by atoms with Crippen molar-refractivity contribution in [3.63, 3.8) is 0 Å². The van der Waals surface area contributed by atoms with E-state index in [2.05, 4.69) is 15.3 Å². The van der Waals surface area contributed by atoms with Crippen molar-refractivity contribution >= 4 is 5.82 Å². The minimum Gasteiger partial charge on any atom is -0.367 e. The highest BCUT2D eigenvalue weighted by molar-refractivity contribution is 5.38. The van der Waals surface area contributed by atoms with Crippen LogP contribution in [-0.4, -0.2) is 16.0 Å². The van der Waals surface area contributed by atoms with Crippen molar-refractivity contribution in [1.82, 2.24) is 9.97 Å². The molecule has 0 radical (unpaired) electrons. The highest BCUT2D eigenvalue weighted by atomic mass is 19.4. The van der Waals surface area contributed by atoms with Gasteiger partial charge in [0.25, 0.3) is 0 Å². The molecule has 76 valence electrons. The molecule has 0 amide bonds. The Balaban J connectivity index is 2.17. The van der Waals surface area contributed by atoms with Gasteiger partial charge in [-0.2, -0.15) is 13.2 Å². The molecule has 0 spiro atoms. The van der Waals surface area contributed by atoms with E-state index in [9.17, 15) is 13.2 Å². The largest absolute Gasteiger partial charge is 0.433 e. The zero-order chi connectivity index (χ0) is 10.2. The summed E-state index contributed by atoms with van der Waals surface area (Å²) in [5.74, 6) is 0.245. The Morgan fingerprint density at radius 3 is 2.57 bits per heavy atom. The first-order valence-electron chi connectivity index (χ1n) is 4.21. The summed E-state index contributed by atoms with van der Waals surface area (Å²) in [6, 6.07) is 1.21.